The van der Waals surface area contributed by atoms with Crippen LogP contribution >= 0.6 is 22.7 Å². The monoisotopic (exact) mass is 506 g/mol. The van der Waals surface area contributed by atoms with Crippen LogP contribution in [-0.2, 0) is 11.2 Å². The Morgan fingerprint density at radius 2 is 1.20 bits per heavy atom. The van der Waals surface area contributed by atoms with Crippen molar-refractivity contribution in [3.63, 3.8) is 0 Å². The van der Waals surface area contributed by atoms with Gasteiger partial charge in [-0.25, -0.2) is 4.79 Å². The highest BCUT2D eigenvalue weighted by Crippen LogP contribution is 2.38. The molecular weight excluding hydrogens is 466 g/mol. The smallest absolute Gasteiger partial charge is 0.339 e. The molecule has 0 aliphatic rings. The van der Waals surface area contributed by atoms with Crippen molar-refractivity contribution in [2.45, 2.75) is 110 Å². The van der Waals surface area contributed by atoms with E-state index in [4.69, 9.17) is 20.4 Å². The van der Waals surface area contributed by atoms with Crippen molar-refractivity contribution >= 4 is 74.1 Å². The second kappa shape index (κ2) is 15.1. The van der Waals surface area contributed by atoms with E-state index < -0.39 is 0 Å². The zero-order valence-electron chi connectivity index (χ0n) is 21.8. The fourth-order valence-electron chi connectivity index (χ4n) is 4.91. The number of rotatable bonds is 17. The highest BCUT2D eigenvalue weighted by molar-refractivity contribution is 7.33. The number of carbonyl (C=O) groups excluding carboxylic acids is 1. The molecule has 0 spiro atoms. The van der Waals surface area contributed by atoms with E-state index in [0.29, 0.717) is 12.2 Å². The number of ether oxygens (including phenoxy) is 1. The van der Waals surface area contributed by atoms with E-state index in [1.54, 1.807) is 11.3 Å². The summed E-state index contributed by atoms with van der Waals surface area (Å²) in [4.78, 5) is 13.4. The van der Waals surface area contributed by atoms with Crippen LogP contribution in [0.5, 0.6) is 0 Å². The third-order valence-electron chi connectivity index (χ3n) is 6.82. The van der Waals surface area contributed by atoms with E-state index in [9.17, 15) is 4.79 Å². The van der Waals surface area contributed by atoms with E-state index >= 15 is 0 Å². The molecule has 0 N–H and O–H groups in total. The first-order valence-corrected chi connectivity index (χ1v) is 15.4. The lowest BCUT2D eigenvalue weighted by Crippen LogP contribution is -2.11. The van der Waals surface area contributed by atoms with Crippen LogP contribution in [0, 0.1) is 0 Å². The number of aryl methyl sites for hydroxylation is 1. The Morgan fingerprint density at radius 3 is 1.80 bits per heavy atom. The summed E-state index contributed by atoms with van der Waals surface area (Å²) in [5, 5.41) is 2.03. The normalized spacial score (nSPS) is 11.6. The largest absolute Gasteiger partial charge is 0.462 e. The van der Waals surface area contributed by atoms with Gasteiger partial charge < -0.3 is 4.74 Å². The van der Waals surface area contributed by atoms with Gasteiger partial charge in [-0.3, -0.25) is 0 Å². The molecule has 0 unspecified atom stereocenters. The first-order valence-electron chi connectivity index (χ1n) is 13.8. The Kier molecular flexibility index (Phi) is 12.2. The Bertz CT molecular complexity index is 1070. The standard InChI is InChI=1S/C29H40B2O2S2/c1-3-5-7-9-10-11-12-13-14-16-18-33-29(32)26-21(17-15-8-6-4-2)22-19-24(30)34-27(22)28-23(26)20-25(31)35-28/h19-20H,3-18H2,1-2H3. The van der Waals surface area contributed by atoms with Crippen molar-refractivity contribution in [3.05, 3.63) is 23.3 Å². The van der Waals surface area contributed by atoms with Crippen LogP contribution in [0.15, 0.2) is 12.1 Å². The molecule has 6 heteroatoms. The van der Waals surface area contributed by atoms with Gasteiger partial charge in [-0.05, 0) is 39.8 Å². The lowest BCUT2D eigenvalue weighted by atomic mass is 9.93. The molecule has 0 saturated carbocycles. The first-order chi connectivity index (χ1) is 17.1. The number of hydrogen-bond donors (Lipinski definition) is 0. The molecule has 3 aromatic rings. The summed E-state index contributed by atoms with van der Waals surface area (Å²) in [6.07, 6.45) is 18.1. The predicted octanol–water partition coefficient (Wildman–Crippen LogP) is 7.90. The number of hydrogen-bond acceptors (Lipinski definition) is 4. The zero-order valence-corrected chi connectivity index (χ0v) is 23.4. The lowest BCUT2D eigenvalue weighted by Gasteiger charge is -2.13. The molecule has 186 valence electrons. The van der Waals surface area contributed by atoms with Gasteiger partial charge in [0.05, 0.1) is 21.6 Å². The summed E-state index contributed by atoms with van der Waals surface area (Å²) in [6.45, 7) is 4.96. The molecule has 0 bridgehead atoms. The number of thiophene rings is 2. The molecule has 0 fully saturated rings. The van der Waals surface area contributed by atoms with Gasteiger partial charge in [0, 0.05) is 5.39 Å². The average molecular weight is 506 g/mol. The minimum atomic E-state index is -0.208. The fraction of sp³-hybridized carbons (Fsp3) is 0.621. The van der Waals surface area contributed by atoms with E-state index in [1.807, 2.05) is 12.1 Å². The maximum absolute atomic E-state index is 13.4. The van der Waals surface area contributed by atoms with Gasteiger partial charge in [0.15, 0.2) is 0 Å². The van der Waals surface area contributed by atoms with Gasteiger partial charge in [-0.15, -0.1) is 0 Å². The molecule has 35 heavy (non-hydrogen) atoms. The second-order valence-corrected chi connectivity index (χ2v) is 11.9. The quantitative estimate of drug-likeness (QED) is 0.106. The third-order valence-corrected chi connectivity index (χ3v) is 8.91. The molecule has 0 aliphatic heterocycles. The van der Waals surface area contributed by atoms with Crippen LogP contribution in [0.1, 0.15) is 120 Å². The topological polar surface area (TPSA) is 26.3 Å². The fourth-order valence-corrected chi connectivity index (χ4v) is 6.96. The van der Waals surface area contributed by atoms with Crippen molar-refractivity contribution in [3.8, 4) is 0 Å². The summed E-state index contributed by atoms with van der Waals surface area (Å²) in [6, 6.07) is 3.98. The van der Waals surface area contributed by atoms with Crippen LogP contribution in [0.2, 0.25) is 0 Å². The lowest BCUT2D eigenvalue weighted by molar-refractivity contribution is 0.0499. The van der Waals surface area contributed by atoms with Gasteiger partial charge >= 0.3 is 5.97 Å². The molecule has 2 nitrogen and oxygen atoms in total. The maximum atomic E-state index is 13.4. The maximum Gasteiger partial charge on any atom is 0.339 e. The van der Waals surface area contributed by atoms with Crippen molar-refractivity contribution in [2.24, 2.45) is 0 Å². The molecular formula is C29H40B2O2S2. The Hall–Kier alpha value is -1.26. The zero-order chi connectivity index (χ0) is 25.0. The number of esters is 1. The van der Waals surface area contributed by atoms with Crippen molar-refractivity contribution in [2.75, 3.05) is 6.61 Å². The summed E-state index contributed by atoms with van der Waals surface area (Å²) in [5.74, 6) is -0.208. The molecule has 0 saturated heterocycles. The van der Waals surface area contributed by atoms with Crippen LogP contribution < -0.4 is 9.55 Å². The summed E-state index contributed by atoms with van der Waals surface area (Å²) in [5.41, 5.74) is 1.80. The van der Waals surface area contributed by atoms with E-state index in [1.165, 1.54) is 75.5 Å². The van der Waals surface area contributed by atoms with Gasteiger partial charge in [-0.2, -0.15) is 22.7 Å². The Morgan fingerprint density at radius 1 is 0.714 bits per heavy atom. The molecule has 2 heterocycles. The molecule has 0 atom stereocenters. The van der Waals surface area contributed by atoms with Gasteiger partial charge in [0.25, 0.3) is 0 Å². The predicted molar refractivity (Wildman–Crippen MR) is 158 cm³/mol. The second-order valence-electron chi connectivity index (χ2n) is 9.77. The van der Waals surface area contributed by atoms with E-state index in [2.05, 4.69) is 13.8 Å². The minimum absolute atomic E-state index is 0.208. The van der Waals surface area contributed by atoms with Crippen molar-refractivity contribution in [1.82, 2.24) is 0 Å². The van der Waals surface area contributed by atoms with Crippen LogP contribution in [0.25, 0.3) is 20.2 Å². The van der Waals surface area contributed by atoms with Crippen LogP contribution in [0.3, 0.4) is 0 Å². The Labute approximate surface area is 223 Å². The summed E-state index contributed by atoms with van der Waals surface area (Å²) >= 11 is 3.13. The molecule has 0 aliphatic carbocycles. The molecule has 3 rings (SSSR count). The number of fused-ring (bicyclic) bond motifs is 3. The van der Waals surface area contributed by atoms with Gasteiger partial charge in [0.2, 0.25) is 0 Å². The first kappa shape index (κ1) is 28.3. The molecule has 2 aromatic heterocycles. The van der Waals surface area contributed by atoms with Crippen molar-refractivity contribution < 1.29 is 9.53 Å². The van der Waals surface area contributed by atoms with Crippen molar-refractivity contribution in [1.29, 1.82) is 0 Å². The number of benzene rings is 1. The molecule has 1 aromatic carbocycles. The van der Waals surface area contributed by atoms with Gasteiger partial charge in [-0.1, -0.05) is 103 Å². The van der Waals surface area contributed by atoms with Crippen LogP contribution in [-0.4, -0.2) is 28.3 Å². The number of unbranched alkanes of at least 4 members (excludes halogenated alkanes) is 12. The molecule has 4 radical (unpaired) electrons. The van der Waals surface area contributed by atoms with E-state index in [0.717, 1.165) is 67.4 Å². The average Bonchev–Trinajstić information content (AvgIpc) is 3.41. The van der Waals surface area contributed by atoms with E-state index in [-0.39, 0.29) is 5.97 Å². The SMILES string of the molecule is [B]c1cc2c(CCCCCC)c(C(=O)OCCCCCCCCCCCC)c3cc([B])sc3c2s1. The minimum Gasteiger partial charge on any atom is -0.462 e. The summed E-state index contributed by atoms with van der Waals surface area (Å²) < 4.78 is 9.54. The third kappa shape index (κ3) is 8.12. The van der Waals surface area contributed by atoms with Gasteiger partial charge in [0.1, 0.15) is 15.7 Å². The highest BCUT2D eigenvalue weighted by atomic mass is 32.1. The summed E-state index contributed by atoms with van der Waals surface area (Å²) in [7, 11) is 12.4. The molecule has 0 amide bonds. The number of carbonyl (C=O) groups is 1. The van der Waals surface area contributed by atoms with Crippen LogP contribution in [0.4, 0.5) is 0 Å². The Balaban J connectivity index is 1.63. The highest BCUT2D eigenvalue weighted by Gasteiger charge is 2.23.